The molecule has 2 aromatic heterocycles. The number of benzene rings is 1. The molecule has 0 aliphatic heterocycles. The molecule has 0 aliphatic rings. The first-order valence-electron chi connectivity index (χ1n) is 8.41. The number of esters is 1. The molecule has 0 fully saturated rings. The lowest BCUT2D eigenvalue weighted by Crippen LogP contribution is -2.13. The molecular formula is C20H14BrN3O5S. The summed E-state index contributed by atoms with van der Waals surface area (Å²) >= 11 is 4.60. The monoisotopic (exact) mass is 487 g/mol. The second-order valence-electron chi connectivity index (χ2n) is 5.85. The van der Waals surface area contributed by atoms with Crippen molar-refractivity contribution in [1.82, 2.24) is 5.16 Å². The zero-order chi connectivity index (χ0) is 21.7. The highest BCUT2D eigenvalue weighted by atomic mass is 79.9. The molecule has 8 nitrogen and oxygen atoms in total. The standard InChI is InChI=1S/C20H14BrN3O5S/c1-11-6-17(24-29-11)23-19(25)13(10-22)7-12-8-14(21)18(15(9-12)27-2)28-20(26)16-4-3-5-30-16/h3-9H,1-2H3,(H,23,24,25)/b13-7-. The Morgan fingerprint density at radius 3 is 2.77 bits per heavy atom. The van der Waals surface area contributed by atoms with Crippen LogP contribution in [0.15, 0.2) is 50.3 Å². The number of hydrogen-bond donors (Lipinski definition) is 1. The van der Waals surface area contributed by atoms with Gasteiger partial charge in [-0.05, 0) is 58.1 Å². The minimum absolute atomic E-state index is 0.159. The quantitative estimate of drug-likeness (QED) is 0.234. The lowest BCUT2D eigenvalue weighted by molar-refractivity contribution is -0.112. The molecule has 1 aromatic carbocycles. The van der Waals surface area contributed by atoms with Crippen LogP contribution in [0.1, 0.15) is 21.0 Å². The summed E-state index contributed by atoms with van der Waals surface area (Å²) < 4.78 is 16.1. The predicted molar refractivity (Wildman–Crippen MR) is 113 cm³/mol. The van der Waals surface area contributed by atoms with Crippen LogP contribution in [0.25, 0.3) is 6.08 Å². The highest BCUT2D eigenvalue weighted by Gasteiger charge is 2.18. The van der Waals surface area contributed by atoms with E-state index in [1.807, 2.05) is 6.07 Å². The minimum atomic E-state index is -0.644. The van der Waals surface area contributed by atoms with Gasteiger partial charge in [-0.3, -0.25) is 4.79 Å². The summed E-state index contributed by atoms with van der Waals surface area (Å²) in [5, 5.41) is 17.3. The molecule has 0 bridgehead atoms. The molecule has 0 spiro atoms. The maximum atomic E-state index is 12.3. The largest absolute Gasteiger partial charge is 0.493 e. The van der Waals surface area contributed by atoms with E-state index < -0.39 is 11.9 Å². The van der Waals surface area contributed by atoms with Crippen molar-refractivity contribution < 1.29 is 23.6 Å². The number of ether oxygens (including phenoxy) is 2. The van der Waals surface area contributed by atoms with Gasteiger partial charge in [0, 0.05) is 6.07 Å². The van der Waals surface area contributed by atoms with E-state index in [1.165, 1.54) is 30.6 Å². The number of nitriles is 1. The van der Waals surface area contributed by atoms with E-state index in [0.29, 0.717) is 20.7 Å². The molecule has 2 heterocycles. The molecule has 10 heteroatoms. The number of amides is 1. The first kappa shape index (κ1) is 21.3. The fraction of sp³-hybridized carbons (Fsp3) is 0.100. The van der Waals surface area contributed by atoms with Gasteiger partial charge in [-0.2, -0.15) is 5.26 Å². The second-order valence-corrected chi connectivity index (χ2v) is 7.65. The van der Waals surface area contributed by atoms with Crippen molar-refractivity contribution in [3.8, 4) is 17.6 Å². The molecule has 0 aliphatic carbocycles. The van der Waals surface area contributed by atoms with Gasteiger partial charge >= 0.3 is 5.97 Å². The molecule has 0 radical (unpaired) electrons. The van der Waals surface area contributed by atoms with Crippen LogP contribution in [0.3, 0.4) is 0 Å². The van der Waals surface area contributed by atoms with E-state index in [2.05, 4.69) is 26.4 Å². The lowest BCUT2D eigenvalue weighted by atomic mass is 10.1. The van der Waals surface area contributed by atoms with E-state index in [0.717, 1.165) is 0 Å². The lowest BCUT2D eigenvalue weighted by Gasteiger charge is -2.12. The third-order valence-corrected chi connectivity index (χ3v) is 5.15. The average molecular weight is 488 g/mol. The summed E-state index contributed by atoms with van der Waals surface area (Å²) in [6.45, 7) is 1.68. The molecule has 1 amide bonds. The number of thiophene rings is 1. The van der Waals surface area contributed by atoms with Gasteiger partial charge < -0.3 is 19.3 Å². The van der Waals surface area contributed by atoms with Gasteiger partial charge in [0.15, 0.2) is 17.3 Å². The summed E-state index contributed by atoms with van der Waals surface area (Å²) in [6, 6.07) is 9.93. The van der Waals surface area contributed by atoms with Crippen molar-refractivity contribution in [2.75, 3.05) is 12.4 Å². The number of carbonyl (C=O) groups is 2. The van der Waals surface area contributed by atoms with E-state index >= 15 is 0 Å². The number of anilines is 1. The van der Waals surface area contributed by atoms with Crippen molar-refractivity contribution in [1.29, 1.82) is 5.26 Å². The Kier molecular flexibility index (Phi) is 6.66. The zero-order valence-corrected chi connectivity index (χ0v) is 18.2. The summed E-state index contributed by atoms with van der Waals surface area (Å²) in [7, 11) is 1.42. The van der Waals surface area contributed by atoms with Gasteiger partial charge in [0.2, 0.25) is 0 Å². The van der Waals surface area contributed by atoms with Crippen LogP contribution >= 0.6 is 27.3 Å². The smallest absolute Gasteiger partial charge is 0.353 e. The van der Waals surface area contributed by atoms with Crippen molar-refractivity contribution in [3.63, 3.8) is 0 Å². The third-order valence-electron chi connectivity index (χ3n) is 3.71. The first-order chi connectivity index (χ1) is 14.4. The Morgan fingerprint density at radius 1 is 1.37 bits per heavy atom. The van der Waals surface area contributed by atoms with Crippen LogP contribution in [-0.2, 0) is 4.79 Å². The number of hydrogen-bond acceptors (Lipinski definition) is 8. The molecule has 3 rings (SSSR count). The van der Waals surface area contributed by atoms with Crippen molar-refractivity contribution in [3.05, 3.63) is 62.0 Å². The highest BCUT2D eigenvalue weighted by molar-refractivity contribution is 9.10. The van der Waals surface area contributed by atoms with E-state index in [-0.39, 0.29) is 22.9 Å². The molecule has 152 valence electrons. The summed E-state index contributed by atoms with van der Waals surface area (Å²) in [5.41, 5.74) is 0.325. The van der Waals surface area contributed by atoms with Crippen molar-refractivity contribution in [2.45, 2.75) is 6.92 Å². The van der Waals surface area contributed by atoms with E-state index in [1.54, 1.807) is 36.6 Å². The molecule has 0 saturated carbocycles. The van der Waals surface area contributed by atoms with E-state index in [9.17, 15) is 14.9 Å². The molecule has 3 aromatic rings. The Morgan fingerprint density at radius 2 is 2.17 bits per heavy atom. The zero-order valence-electron chi connectivity index (χ0n) is 15.8. The van der Waals surface area contributed by atoms with Crippen LogP contribution in [0.2, 0.25) is 0 Å². The van der Waals surface area contributed by atoms with Gasteiger partial charge in [0.1, 0.15) is 22.3 Å². The number of aromatic nitrogens is 1. The number of nitrogens with one attached hydrogen (secondary N) is 1. The number of carbonyl (C=O) groups excluding carboxylic acids is 2. The van der Waals surface area contributed by atoms with Crippen molar-refractivity contribution >= 4 is 51.0 Å². The first-order valence-corrected chi connectivity index (χ1v) is 10.1. The molecular weight excluding hydrogens is 474 g/mol. The SMILES string of the molecule is COc1cc(/C=C(/C#N)C(=O)Nc2cc(C)on2)cc(Br)c1OC(=O)c1cccs1. The van der Waals surface area contributed by atoms with Gasteiger partial charge in [-0.15, -0.1) is 11.3 Å². The van der Waals surface area contributed by atoms with Crippen LogP contribution in [0.5, 0.6) is 11.5 Å². The molecule has 0 unspecified atom stereocenters. The Balaban J connectivity index is 1.86. The highest BCUT2D eigenvalue weighted by Crippen LogP contribution is 2.38. The topological polar surface area (TPSA) is 114 Å². The summed E-state index contributed by atoms with van der Waals surface area (Å²) in [4.78, 5) is 25.0. The number of rotatable bonds is 6. The number of halogens is 1. The Bertz CT molecular complexity index is 1160. The average Bonchev–Trinajstić information content (AvgIpc) is 3.39. The number of methoxy groups -OCH3 is 1. The van der Waals surface area contributed by atoms with Gasteiger partial charge in [-0.1, -0.05) is 11.2 Å². The molecule has 0 atom stereocenters. The van der Waals surface area contributed by atoms with Crippen LogP contribution in [0, 0.1) is 18.3 Å². The van der Waals surface area contributed by atoms with E-state index in [4.69, 9.17) is 14.0 Å². The predicted octanol–water partition coefficient (Wildman–Crippen LogP) is 4.58. The summed E-state index contributed by atoms with van der Waals surface area (Å²) in [5.74, 6) is 0.00296. The van der Waals surface area contributed by atoms with Crippen LogP contribution in [-0.4, -0.2) is 24.1 Å². The fourth-order valence-electron chi connectivity index (χ4n) is 2.38. The van der Waals surface area contributed by atoms with Crippen molar-refractivity contribution in [2.24, 2.45) is 0 Å². The molecule has 30 heavy (non-hydrogen) atoms. The number of aryl methyl sites for hydroxylation is 1. The minimum Gasteiger partial charge on any atom is -0.493 e. The summed E-state index contributed by atoms with van der Waals surface area (Å²) in [6.07, 6.45) is 1.38. The van der Waals surface area contributed by atoms with Gasteiger partial charge in [0.05, 0.1) is 11.6 Å². The maximum absolute atomic E-state index is 12.3. The van der Waals surface area contributed by atoms with Crippen LogP contribution < -0.4 is 14.8 Å². The number of nitrogens with zero attached hydrogens (tertiary/aromatic N) is 2. The Labute approximate surface area is 183 Å². The molecule has 1 N–H and O–H groups in total. The fourth-order valence-corrected chi connectivity index (χ4v) is 3.52. The normalized spacial score (nSPS) is 10.9. The second kappa shape index (κ2) is 9.39. The van der Waals surface area contributed by atoms with Gasteiger partial charge in [-0.25, -0.2) is 4.79 Å². The molecule has 0 saturated heterocycles. The van der Waals surface area contributed by atoms with Gasteiger partial charge in [0.25, 0.3) is 5.91 Å². The third kappa shape index (κ3) is 4.94. The van der Waals surface area contributed by atoms with Crippen LogP contribution in [0.4, 0.5) is 5.82 Å². The Hall–Kier alpha value is -3.42. The maximum Gasteiger partial charge on any atom is 0.353 e.